The minimum absolute atomic E-state index is 0.258. The zero-order valence-electron chi connectivity index (χ0n) is 10.5. The van der Waals surface area contributed by atoms with E-state index in [1.54, 1.807) is 0 Å². The van der Waals surface area contributed by atoms with Gasteiger partial charge < -0.3 is 15.1 Å². The van der Waals surface area contributed by atoms with Crippen molar-refractivity contribution in [3.8, 4) is 0 Å². The summed E-state index contributed by atoms with van der Waals surface area (Å²) in [5.74, 6) is -2.53. The fourth-order valence-corrected chi connectivity index (χ4v) is 3.06. The second-order valence-corrected chi connectivity index (χ2v) is 6.15. The minimum Gasteiger partial charge on any atom is -0.481 e. The normalized spacial score (nSPS) is 15.2. The van der Waals surface area contributed by atoms with E-state index in [0.29, 0.717) is 5.56 Å². The molecule has 0 saturated heterocycles. The maximum Gasteiger partial charge on any atom is 0.321 e. The van der Waals surface area contributed by atoms with Gasteiger partial charge in [-0.15, -0.1) is 0 Å². The molecule has 9 heteroatoms. The van der Waals surface area contributed by atoms with E-state index in [-0.39, 0.29) is 12.6 Å². The highest BCUT2D eigenvalue weighted by molar-refractivity contribution is 7.55. The number of carboxylic acid groups (broad SMARTS) is 2. The number of carboxylic acids is 2. The second-order valence-electron chi connectivity index (χ2n) is 4.17. The van der Waals surface area contributed by atoms with Gasteiger partial charge in [0, 0.05) is 18.8 Å². The summed E-state index contributed by atoms with van der Waals surface area (Å²) in [7, 11) is -3.94. The van der Waals surface area contributed by atoms with Crippen LogP contribution in [0.4, 0.5) is 0 Å². The van der Waals surface area contributed by atoms with Gasteiger partial charge in [-0.05, 0) is 24.1 Å². The Morgan fingerprint density at radius 1 is 1.30 bits per heavy atom. The minimum atomic E-state index is -3.94. The van der Waals surface area contributed by atoms with Crippen molar-refractivity contribution in [2.24, 2.45) is 0 Å². The predicted octanol–water partition coefficient (Wildman–Crippen LogP) is 0.675. The summed E-state index contributed by atoms with van der Waals surface area (Å²) in [6.07, 6.45) is 1.97. The molecule has 2 atom stereocenters. The van der Waals surface area contributed by atoms with Gasteiger partial charge in [0.2, 0.25) is 0 Å². The molecule has 0 amide bonds. The van der Waals surface area contributed by atoms with E-state index in [2.05, 4.69) is 10.1 Å². The molecular weight excluding hydrogens is 287 g/mol. The molecule has 8 nitrogen and oxygen atoms in total. The van der Waals surface area contributed by atoms with Crippen molar-refractivity contribution in [1.29, 1.82) is 0 Å². The Bertz CT molecular complexity index is 521. The Morgan fingerprint density at radius 2 is 1.90 bits per heavy atom. The van der Waals surface area contributed by atoms with Crippen molar-refractivity contribution in [2.75, 3.05) is 0 Å². The summed E-state index contributed by atoms with van der Waals surface area (Å²) in [5.41, 5.74) is 0.528. The fraction of sp³-hybridized carbons (Fsp3) is 0.364. The van der Waals surface area contributed by atoms with Crippen LogP contribution in [0.2, 0.25) is 0 Å². The monoisotopic (exact) mass is 302 g/mol. The first-order chi connectivity index (χ1) is 9.30. The van der Waals surface area contributed by atoms with Gasteiger partial charge >= 0.3 is 11.9 Å². The number of rotatable bonds is 8. The van der Waals surface area contributed by atoms with Gasteiger partial charge in [-0.3, -0.25) is 19.1 Å². The topological polar surface area (TPSA) is 137 Å². The molecular formula is C11H15N2O6P. The molecule has 1 aromatic heterocycles. The highest BCUT2D eigenvalue weighted by Crippen LogP contribution is 2.40. The molecule has 0 aliphatic rings. The average molecular weight is 302 g/mol. The Balaban J connectivity index is 2.68. The molecule has 1 heterocycles. The van der Waals surface area contributed by atoms with Crippen LogP contribution in [0.25, 0.3) is 0 Å². The van der Waals surface area contributed by atoms with Crippen LogP contribution in [0.3, 0.4) is 0 Å². The second kappa shape index (κ2) is 7.14. The fourth-order valence-electron chi connectivity index (χ4n) is 1.54. The van der Waals surface area contributed by atoms with Crippen LogP contribution in [0.5, 0.6) is 0 Å². The van der Waals surface area contributed by atoms with Crippen LogP contribution in [-0.4, -0.2) is 38.1 Å². The number of hydrogen-bond donors (Lipinski definition) is 4. The van der Waals surface area contributed by atoms with E-state index in [1.165, 1.54) is 24.5 Å². The van der Waals surface area contributed by atoms with Crippen molar-refractivity contribution in [3.63, 3.8) is 0 Å². The van der Waals surface area contributed by atoms with Gasteiger partial charge in [0.25, 0.3) is 7.52 Å². The third-order valence-electron chi connectivity index (χ3n) is 2.45. The molecule has 110 valence electrons. The summed E-state index contributed by atoms with van der Waals surface area (Å²) >= 11 is 0. The summed E-state index contributed by atoms with van der Waals surface area (Å²) < 4.78 is 12.0. The first-order valence-corrected chi connectivity index (χ1v) is 7.58. The zero-order valence-corrected chi connectivity index (χ0v) is 11.4. The lowest BCUT2D eigenvalue weighted by Crippen LogP contribution is -2.35. The van der Waals surface area contributed by atoms with E-state index in [0.717, 1.165) is 0 Å². The van der Waals surface area contributed by atoms with Gasteiger partial charge in [-0.25, -0.2) is 5.09 Å². The van der Waals surface area contributed by atoms with E-state index >= 15 is 0 Å². The predicted molar refractivity (Wildman–Crippen MR) is 69.2 cm³/mol. The van der Waals surface area contributed by atoms with E-state index in [4.69, 9.17) is 10.2 Å². The maximum atomic E-state index is 12.0. The molecule has 0 bridgehead atoms. The number of hydrogen-bond acceptors (Lipinski definition) is 4. The lowest BCUT2D eigenvalue weighted by Gasteiger charge is -2.18. The lowest BCUT2D eigenvalue weighted by atomic mass is 10.2. The quantitative estimate of drug-likeness (QED) is 0.514. The van der Waals surface area contributed by atoms with E-state index < -0.39 is 31.9 Å². The number of aliphatic carboxylic acids is 2. The van der Waals surface area contributed by atoms with E-state index in [1.807, 2.05) is 0 Å². The number of nitrogens with zero attached hydrogens (tertiary/aromatic N) is 1. The average Bonchev–Trinajstić information content (AvgIpc) is 2.34. The molecule has 20 heavy (non-hydrogen) atoms. The molecule has 4 N–H and O–H groups in total. The summed E-state index contributed by atoms with van der Waals surface area (Å²) in [4.78, 5) is 34.9. The SMILES string of the molecule is O=C(O)CCC(NP(=O)(O)Cc1ccncc1)C(=O)O. The highest BCUT2D eigenvalue weighted by atomic mass is 31.2. The molecule has 0 spiro atoms. The van der Waals surface area contributed by atoms with Crippen LogP contribution in [-0.2, 0) is 20.3 Å². The van der Waals surface area contributed by atoms with Crippen molar-refractivity contribution in [2.45, 2.75) is 25.0 Å². The first-order valence-electron chi connectivity index (χ1n) is 5.73. The largest absolute Gasteiger partial charge is 0.481 e. The van der Waals surface area contributed by atoms with E-state index in [9.17, 15) is 19.0 Å². The molecule has 0 saturated carbocycles. The number of nitrogens with one attached hydrogen (secondary N) is 1. The molecule has 0 aliphatic heterocycles. The van der Waals surface area contributed by atoms with Gasteiger partial charge in [0.1, 0.15) is 6.04 Å². The van der Waals surface area contributed by atoms with Crippen LogP contribution in [0.1, 0.15) is 18.4 Å². The molecule has 1 rings (SSSR count). The molecule has 0 aromatic carbocycles. The standard InChI is InChI=1S/C11H15N2O6P/c14-10(15)2-1-9(11(16)17)13-20(18,19)7-8-3-5-12-6-4-8/h3-6,9H,1-2,7H2,(H,14,15)(H,16,17)(H2,13,18,19). The van der Waals surface area contributed by atoms with Crippen LogP contribution < -0.4 is 5.09 Å². The van der Waals surface area contributed by atoms with Crippen LogP contribution >= 0.6 is 7.52 Å². The van der Waals surface area contributed by atoms with Crippen LogP contribution in [0, 0.1) is 0 Å². The van der Waals surface area contributed by atoms with Crippen LogP contribution in [0.15, 0.2) is 24.5 Å². The molecule has 0 aliphatic carbocycles. The lowest BCUT2D eigenvalue weighted by molar-refractivity contribution is -0.140. The number of carbonyl (C=O) groups is 2. The first kappa shape index (κ1) is 16.3. The summed E-state index contributed by atoms with van der Waals surface area (Å²) in [5, 5.41) is 19.6. The highest BCUT2D eigenvalue weighted by Gasteiger charge is 2.28. The van der Waals surface area contributed by atoms with Crippen molar-refractivity contribution in [1.82, 2.24) is 10.1 Å². The van der Waals surface area contributed by atoms with Crippen molar-refractivity contribution >= 4 is 19.5 Å². The molecule has 0 radical (unpaired) electrons. The number of aromatic nitrogens is 1. The number of pyridine rings is 1. The Kier molecular flexibility index (Phi) is 5.82. The summed E-state index contributed by atoms with van der Waals surface area (Å²) in [6.45, 7) is 0. The third-order valence-corrected chi connectivity index (χ3v) is 3.96. The zero-order chi connectivity index (χ0) is 15.2. The molecule has 2 unspecified atom stereocenters. The van der Waals surface area contributed by atoms with Gasteiger partial charge in [0.15, 0.2) is 0 Å². The Labute approximate surface area is 115 Å². The molecule has 1 aromatic rings. The van der Waals surface area contributed by atoms with Gasteiger partial charge in [0.05, 0.1) is 6.16 Å². The Morgan fingerprint density at radius 3 is 2.40 bits per heavy atom. The maximum absolute atomic E-state index is 12.0. The van der Waals surface area contributed by atoms with Crippen molar-refractivity contribution in [3.05, 3.63) is 30.1 Å². The Hall–Kier alpha value is -1.76. The van der Waals surface area contributed by atoms with Crippen molar-refractivity contribution < 1.29 is 29.3 Å². The van der Waals surface area contributed by atoms with Gasteiger partial charge in [-0.2, -0.15) is 0 Å². The third kappa shape index (κ3) is 5.92. The summed E-state index contributed by atoms with van der Waals surface area (Å²) in [6, 6.07) is 1.69. The smallest absolute Gasteiger partial charge is 0.321 e. The molecule has 0 fully saturated rings. The van der Waals surface area contributed by atoms with Gasteiger partial charge in [-0.1, -0.05) is 0 Å².